The molecule has 2 aromatic carbocycles. The molecule has 0 saturated heterocycles. The maximum atomic E-state index is 12.8. The summed E-state index contributed by atoms with van der Waals surface area (Å²) >= 11 is 0. The predicted octanol–water partition coefficient (Wildman–Crippen LogP) is 3.79. The van der Waals surface area contributed by atoms with Crippen molar-refractivity contribution < 1.29 is 9.59 Å². The Kier molecular flexibility index (Phi) is 5.75. The molecule has 31 heavy (non-hydrogen) atoms. The molecule has 0 aliphatic rings. The van der Waals surface area contributed by atoms with Gasteiger partial charge in [-0.3, -0.25) is 9.59 Å². The van der Waals surface area contributed by atoms with Gasteiger partial charge in [-0.2, -0.15) is 5.10 Å². The second kappa shape index (κ2) is 8.79. The van der Waals surface area contributed by atoms with Gasteiger partial charge >= 0.3 is 0 Å². The minimum absolute atomic E-state index is 0.174. The van der Waals surface area contributed by atoms with Crippen molar-refractivity contribution in [2.75, 3.05) is 11.9 Å². The van der Waals surface area contributed by atoms with Crippen LogP contribution in [0.2, 0.25) is 0 Å². The fraction of sp³-hybridized carbons (Fsp3) is 0.167. The lowest BCUT2D eigenvalue weighted by Crippen LogP contribution is -2.23. The Bertz CT molecular complexity index is 1250. The highest BCUT2D eigenvalue weighted by Gasteiger charge is 2.13. The van der Waals surface area contributed by atoms with E-state index in [1.54, 1.807) is 30.6 Å². The van der Waals surface area contributed by atoms with E-state index in [1.165, 1.54) is 0 Å². The van der Waals surface area contributed by atoms with Crippen molar-refractivity contribution in [2.24, 2.45) is 0 Å². The third kappa shape index (κ3) is 4.45. The maximum absolute atomic E-state index is 12.8. The molecule has 7 nitrogen and oxygen atoms in total. The topological polar surface area (TPSA) is 88.9 Å². The van der Waals surface area contributed by atoms with Crippen molar-refractivity contribution in [1.82, 2.24) is 20.1 Å². The number of aryl methyl sites for hydroxylation is 1. The van der Waals surface area contributed by atoms with Gasteiger partial charge in [0.25, 0.3) is 11.8 Å². The van der Waals surface area contributed by atoms with E-state index in [2.05, 4.69) is 20.7 Å². The first kappa shape index (κ1) is 20.3. The van der Waals surface area contributed by atoms with Crippen LogP contribution in [0.3, 0.4) is 0 Å². The molecule has 0 unspecified atom stereocenters. The first-order chi connectivity index (χ1) is 15.0. The zero-order chi connectivity index (χ0) is 21.8. The van der Waals surface area contributed by atoms with Crippen molar-refractivity contribution in [3.8, 4) is 0 Å². The molecule has 156 valence electrons. The smallest absolute Gasteiger partial charge is 0.257 e. The standard InChI is InChI=1S/C24H23N5O2/c1-3-25-23(30)18-10-9-16(2)21(12-18)28-24(31)20-11-19-14-27-29(22(19)26-13-20)15-17-7-5-4-6-8-17/h4-14H,3,15H2,1-2H3,(H,25,30)(H,28,31). The zero-order valence-corrected chi connectivity index (χ0v) is 17.4. The van der Waals surface area contributed by atoms with Crippen LogP contribution in [0, 0.1) is 6.92 Å². The second-order valence-corrected chi connectivity index (χ2v) is 7.27. The SMILES string of the molecule is CCNC(=O)c1ccc(C)c(NC(=O)c2cnc3c(cnn3Cc3ccccc3)c2)c1. The van der Waals surface area contributed by atoms with E-state index >= 15 is 0 Å². The summed E-state index contributed by atoms with van der Waals surface area (Å²) in [6.45, 7) is 4.89. The molecule has 2 heterocycles. The molecule has 7 heteroatoms. The lowest BCUT2D eigenvalue weighted by molar-refractivity contribution is 0.0954. The summed E-state index contributed by atoms with van der Waals surface area (Å²) < 4.78 is 1.81. The first-order valence-electron chi connectivity index (χ1n) is 10.1. The Morgan fingerprint density at radius 1 is 0.968 bits per heavy atom. The van der Waals surface area contributed by atoms with Crippen LogP contribution >= 0.6 is 0 Å². The van der Waals surface area contributed by atoms with Crippen molar-refractivity contribution in [1.29, 1.82) is 0 Å². The lowest BCUT2D eigenvalue weighted by Gasteiger charge is -2.11. The van der Waals surface area contributed by atoms with Gasteiger partial charge in [-0.25, -0.2) is 9.67 Å². The molecular weight excluding hydrogens is 390 g/mol. The quantitative estimate of drug-likeness (QED) is 0.503. The number of rotatable bonds is 6. The molecule has 4 rings (SSSR count). The van der Waals surface area contributed by atoms with Crippen LogP contribution in [-0.4, -0.2) is 33.1 Å². The number of hydrogen-bond donors (Lipinski definition) is 2. The monoisotopic (exact) mass is 413 g/mol. The molecule has 0 spiro atoms. The van der Waals surface area contributed by atoms with Crippen LogP contribution in [0.4, 0.5) is 5.69 Å². The molecule has 0 aliphatic heterocycles. The second-order valence-electron chi connectivity index (χ2n) is 7.27. The average Bonchev–Trinajstić information content (AvgIpc) is 3.18. The van der Waals surface area contributed by atoms with Gasteiger partial charge in [0.15, 0.2) is 5.65 Å². The van der Waals surface area contributed by atoms with Crippen LogP contribution in [0.15, 0.2) is 67.0 Å². The normalized spacial score (nSPS) is 10.8. The number of nitrogens with zero attached hydrogens (tertiary/aromatic N) is 3. The van der Waals surface area contributed by atoms with Gasteiger partial charge in [0, 0.05) is 29.4 Å². The number of amides is 2. The van der Waals surface area contributed by atoms with E-state index in [1.807, 2.05) is 54.9 Å². The number of fused-ring (bicyclic) bond motifs is 1. The Morgan fingerprint density at radius 2 is 1.77 bits per heavy atom. The number of benzene rings is 2. The van der Waals surface area contributed by atoms with Gasteiger partial charge in [0.2, 0.25) is 0 Å². The van der Waals surface area contributed by atoms with E-state index in [0.717, 1.165) is 22.2 Å². The largest absolute Gasteiger partial charge is 0.352 e. The molecule has 0 saturated carbocycles. The van der Waals surface area contributed by atoms with Gasteiger partial charge in [0.1, 0.15) is 0 Å². The molecule has 0 radical (unpaired) electrons. The molecule has 0 aliphatic carbocycles. The van der Waals surface area contributed by atoms with Crippen LogP contribution in [0.1, 0.15) is 38.8 Å². The number of anilines is 1. The zero-order valence-electron chi connectivity index (χ0n) is 17.4. The van der Waals surface area contributed by atoms with Crippen LogP contribution in [-0.2, 0) is 6.54 Å². The summed E-state index contributed by atoms with van der Waals surface area (Å²) in [5.74, 6) is -0.465. The summed E-state index contributed by atoms with van der Waals surface area (Å²) in [4.78, 5) is 29.4. The highest BCUT2D eigenvalue weighted by atomic mass is 16.2. The molecule has 4 aromatic rings. The molecule has 2 aromatic heterocycles. The van der Waals surface area contributed by atoms with Gasteiger partial charge < -0.3 is 10.6 Å². The highest BCUT2D eigenvalue weighted by molar-refractivity contribution is 6.06. The lowest BCUT2D eigenvalue weighted by atomic mass is 10.1. The van der Waals surface area contributed by atoms with E-state index in [4.69, 9.17) is 0 Å². The van der Waals surface area contributed by atoms with Gasteiger partial charge in [-0.1, -0.05) is 36.4 Å². The van der Waals surface area contributed by atoms with Crippen LogP contribution < -0.4 is 10.6 Å². The first-order valence-corrected chi connectivity index (χ1v) is 10.1. The summed E-state index contributed by atoms with van der Waals surface area (Å²) in [6, 6.07) is 17.0. The molecular formula is C24H23N5O2. The van der Waals surface area contributed by atoms with Crippen molar-refractivity contribution >= 4 is 28.5 Å². The van der Waals surface area contributed by atoms with Crippen molar-refractivity contribution in [2.45, 2.75) is 20.4 Å². The maximum Gasteiger partial charge on any atom is 0.257 e. The Hall–Kier alpha value is -4.00. The van der Waals surface area contributed by atoms with Crippen LogP contribution in [0.25, 0.3) is 11.0 Å². The van der Waals surface area contributed by atoms with Crippen molar-refractivity contribution in [3.63, 3.8) is 0 Å². The minimum atomic E-state index is -0.290. The van der Waals surface area contributed by atoms with E-state index < -0.39 is 0 Å². The molecule has 2 amide bonds. The summed E-state index contributed by atoms with van der Waals surface area (Å²) in [5.41, 5.74) is 4.22. The Balaban J connectivity index is 1.55. The molecule has 0 atom stereocenters. The van der Waals surface area contributed by atoms with Gasteiger partial charge in [-0.15, -0.1) is 0 Å². The molecule has 0 bridgehead atoms. The van der Waals surface area contributed by atoms with E-state index in [-0.39, 0.29) is 11.8 Å². The average molecular weight is 413 g/mol. The summed E-state index contributed by atoms with van der Waals surface area (Å²) in [6.07, 6.45) is 3.26. The number of aromatic nitrogens is 3. The van der Waals surface area contributed by atoms with Gasteiger partial charge in [-0.05, 0) is 43.2 Å². The fourth-order valence-electron chi connectivity index (χ4n) is 3.32. The third-order valence-electron chi connectivity index (χ3n) is 5.00. The van der Waals surface area contributed by atoms with Crippen LogP contribution in [0.5, 0.6) is 0 Å². The highest BCUT2D eigenvalue weighted by Crippen LogP contribution is 2.20. The minimum Gasteiger partial charge on any atom is -0.352 e. The van der Waals surface area contributed by atoms with E-state index in [9.17, 15) is 9.59 Å². The fourth-order valence-corrected chi connectivity index (χ4v) is 3.32. The number of hydrogen-bond acceptors (Lipinski definition) is 4. The van der Waals surface area contributed by atoms with E-state index in [0.29, 0.717) is 29.9 Å². The van der Waals surface area contributed by atoms with Gasteiger partial charge in [0.05, 0.1) is 18.3 Å². The molecule has 0 fully saturated rings. The summed E-state index contributed by atoms with van der Waals surface area (Å²) in [5, 5.41) is 10.9. The third-order valence-corrected chi connectivity index (χ3v) is 5.00. The number of nitrogens with one attached hydrogen (secondary N) is 2. The number of pyridine rings is 1. The number of carbonyl (C=O) groups is 2. The summed E-state index contributed by atoms with van der Waals surface area (Å²) in [7, 11) is 0. The molecule has 2 N–H and O–H groups in total. The predicted molar refractivity (Wildman–Crippen MR) is 120 cm³/mol. The Morgan fingerprint density at radius 3 is 2.55 bits per heavy atom. The Labute approximate surface area is 180 Å². The number of carbonyl (C=O) groups excluding carboxylic acids is 2. The van der Waals surface area contributed by atoms with Crippen molar-refractivity contribution in [3.05, 3.63) is 89.2 Å².